The van der Waals surface area contributed by atoms with E-state index in [2.05, 4.69) is 44.7 Å². The van der Waals surface area contributed by atoms with E-state index in [4.69, 9.17) is 0 Å². The molecule has 9 nitrogen and oxygen atoms in total. The minimum Gasteiger partial charge on any atom is -0.348 e. The molecule has 4 aliphatic heterocycles. The van der Waals surface area contributed by atoms with Gasteiger partial charge in [0.25, 0.3) is 0 Å². The maximum Gasteiger partial charge on any atom is 0.232 e. The fourth-order valence-electron chi connectivity index (χ4n) is 7.19. The van der Waals surface area contributed by atoms with Crippen LogP contribution in [-0.2, 0) is 16.1 Å². The number of nitrogens with zero attached hydrogens (tertiary/aromatic N) is 6. The lowest BCUT2D eigenvalue weighted by atomic mass is 9.77. The molecule has 0 aromatic carbocycles. The first-order chi connectivity index (χ1) is 19.0. The van der Waals surface area contributed by atoms with Crippen LogP contribution in [0.5, 0.6) is 0 Å². The third-order valence-electron chi connectivity index (χ3n) is 9.75. The summed E-state index contributed by atoms with van der Waals surface area (Å²) in [5.41, 5.74) is 1.44. The minimum absolute atomic E-state index is 0.00935. The molecule has 1 N–H and O–H groups in total. The van der Waals surface area contributed by atoms with Crippen molar-refractivity contribution in [2.45, 2.75) is 90.3 Å². The van der Waals surface area contributed by atoms with E-state index >= 15 is 0 Å². The molecule has 2 amide bonds. The van der Waals surface area contributed by atoms with E-state index < -0.39 is 0 Å². The number of H-pyrrole nitrogens is 1. The monoisotopic (exact) mass is 537 g/mol. The Kier molecular flexibility index (Phi) is 9.17. The zero-order valence-corrected chi connectivity index (χ0v) is 24.0. The second kappa shape index (κ2) is 12.8. The summed E-state index contributed by atoms with van der Waals surface area (Å²) in [6.07, 6.45) is 16.2. The van der Waals surface area contributed by atoms with Gasteiger partial charge < -0.3 is 19.7 Å². The number of amides is 2. The number of aromatic amines is 1. The average molecular weight is 538 g/mol. The Morgan fingerprint density at radius 3 is 2.38 bits per heavy atom. The lowest BCUT2D eigenvalue weighted by molar-refractivity contribution is -0.141. The van der Waals surface area contributed by atoms with Crippen LogP contribution in [0.4, 0.5) is 0 Å². The van der Waals surface area contributed by atoms with Crippen molar-refractivity contribution in [1.29, 1.82) is 0 Å². The highest BCUT2D eigenvalue weighted by Crippen LogP contribution is 2.41. The Hall–Kier alpha value is -2.52. The Morgan fingerprint density at radius 1 is 1.03 bits per heavy atom. The molecule has 3 saturated heterocycles. The molecule has 0 atom stereocenters. The van der Waals surface area contributed by atoms with Gasteiger partial charge in [0.1, 0.15) is 12.2 Å². The number of likely N-dealkylation sites (tertiary alicyclic amines) is 3. The summed E-state index contributed by atoms with van der Waals surface area (Å²) >= 11 is 0. The molecule has 5 rings (SSSR count). The van der Waals surface area contributed by atoms with Crippen LogP contribution in [0.25, 0.3) is 0 Å². The van der Waals surface area contributed by atoms with Gasteiger partial charge in [-0.2, -0.15) is 0 Å². The Bertz CT molecular complexity index is 1020. The number of hydrogen-bond donors (Lipinski definition) is 1. The number of imidazole rings is 1. The molecule has 1 aromatic heterocycles. The number of carbonyl (C=O) groups is 2. The van der Waals surface area contributed by atoms with Gasteiger partial charge >= 0.3 is 0 Å². The highest BCUT2D eigenvalue weighted by molar-refractivity contribution is 5.97. The van der Waals surface area contributed by atoms with Crippen molar-refractivity contribution >= 4 is 17.5 Å². The van der Waals surface area contributed by atoms with Gasteiger partial charge in [0.2, 0.25) is 11.8 Å². The van der Waals surface area contributed by atoms with Crippen molar-refractivity contribution in [3.05, 3.63) is 30.5 Å². The maximum atomic E-state index is 13.2. The average Bonchev–Trinajstić information content (AvgIpc) is 3.74. The summed E-state index contributed by atoms with van der Waals surface area (Å²) in [5.74, 6) is 0.966. The third kappa shape index (κ3) is 6.80. The largest absolute Gasteiger partial charge is 0.348 e. The third-order valence-corrected chi connectivity index (χ3v) is 9.75. The van der Waals surface area contributed by atoms with Crippen molar-refractivity contribution in [1.82, 2.24) is 29.6 Å². The molecule has 0 radical (unpaired) electrons. The summed E-state index contributed by atoms with van der Waals surface area (Å²) < 4.78 is 0. The summed E-state index contributed by atoms with van der Waals surface area (Å²) in [7, 11) is 0. The summed E-state index contributed by atoms with van der Waals surface area (Å²) in [6, 6.07) is 1.05. The minimum atomic E-state index is -0.00935. The van der Waals surface area contributed by atoms with E-state index in [0.717, 1.165) is 70.8 Å². The van der Waals surface area contributed by atoms with Crippen LogP contribution in [0.15, 0.2) is 29.7 Å². The van der Waals surface area contributed by atoms with Gasteiger partial charge in [0.05, 0.1) is 6.54 Å². The fourth-order valence-corrected chi connectivity index (χ4v) is 7.19. The van der Waals surface area contributed by atoms with E-state index in [9.17, 15) is 9.59 Å². The molecule has 4 aliphatic rings. The van der Waals surface area contributed by atoms with Crippen LogP contribution in [0.1, 0.15) is 77.5 Å². The number of nitrogens with one attached hydrogen (secondary N) is 1. The number of carbonyl (C=O) groups excluding carboxylic acids is 2. The molecule has 9 heteroatoms. The van der Waals surface area contributed by atoms with E-state index in [1.165, 1.54) is 31.4 Å². The summed E-state index contributed by atoms with van der Waals surface area (Å²) in [6.45, 7) is 11.5. The molecule has 5 heterocycles. The van der Waals surface area contributed by atoms with E-state index in [1.54, 1.807) is 6.20 Å². The highest BCUT2D eigenvalue weighted by atomic mass is 16.2. The number of hydrogen-bond acceptors (Lipinski definition) is 6. The van der Waals surface area contributed by atoms with Crippen LogP contribution in [0.2, 0.25) is 0 Å². The Balaban J connectivity index is 1.08. The van der Waals surface area contributed by atoms with Crippen molar-refractivity contribution in [3.63, 3.8) is 0 Å². The van der Waals surface area contributed by atoms with Gasteiger partial charge in [-0.25, -0.2) is 4.98 Å². The standard InChI is InChI=1S/C30H47N7O2/c1-3-25(4-2)34-17-9-30(10-18-34)11-19-36(23-30)29(39)20-28(38)35-15-7-26(8-16-35)37(21-24-6-5-12-31-24)22-27-32-13-14-33-27/h5,12-14,25-26H,3-4,6-11,15-23H2,1-2H3,(H,32,33). The molecule has 0 unspecified atom stereocenters. The Labute approximate surface area is 233 Å². The maximum absolute atomic E-state index is 13.2. The Morgan fingerprint density at radius 2 is 1.74 bits per heavy atom. The first-order valence-corrected chi connectivity index (χ1v) is 15.2. The molecular formula is C30H47N7O2. The molecule has 0 aliphatic carbocycles. The van der Waals surface area contributed by atoms with Gasteiger partial charge in [-0.3, -0.25) is 19.5 Å². The van der Waals surface area contributed by atoms with Crippen LogP contribution in [0.3, 0.4) is 0 Å². The zero-order chi connectivity index (χ0) is 27.2. The lowest BCUT2D eigenvalue weighted by Gasteiger charge is -2.42. The van der Waals surface area contributed by atoms with Crippen LogP contribution in [0, 0.1) is 5.41 Å². The second-order valence-electron chi connectivity index (χ2n) is 12.1. The molecule has 1 spiro atoms. The normalized spacial score (nSPS) is 22.0. The molecule has 0 saturated carbocycles. The molecule has 39 heavy (non-hydrogen) atoms. The predicted molar refractivity (Wildman–Crippen MR) is 153 cm³/mol. The fraction of sp³-hybridized carbons (Fsp3) is 0.733. The van der Waals surface area contributed by atoms with E-state index in [0.29, 0.717) is 25.2 Å². The zero-order valence-electron chi connectivity index (χ0n) is 24.0. The molecule has 0 bridgehead atoms. The highest BCUT2D eigenvalue weighted by Gasteiger charge is 2.43. The lowest BCUT2D eigenvalue weighted by Crippen LogP contribution is -2.49. The smallest absolute Gasteiger partial charge is 0.232 e. The van der Waals surface area contributed by atoms with Gasteiger partial charge in [0.15, 0.2) is 0 Å². The van der Waals surface area contributed by atoms with E-state index in [-0.39, 0.29) is 23.7 Å². The number of aliphatic imine (C=N–C) groups is 1. The first-order valence-electron chi connectivity index (χ1n) is 15.2. The van der Waals surface area contributed by atoms with Crippen LogP contribution in [-0.4, -0.2) is 105 Å². The molecule has 3 fully saturated rings. The topological polar surface area (TPSA) is 88.1 Å². The van der Waals surface area contributed by atoms with Crippen molar-refractivity contribution in [2.75, 3.05) is 45.8 Å². The van der Waals surface area contributed by atoms with Crippen LogP contribution >= 0.6 is 0 Å². The van der Waals surface area contributed by atoms with Crippen LogP contribution < -0.4 is 0 Å². The summed E-state index contributed by atoms with van der Waals surface area (Å²) in [5, 5.41) is 0. The molecule has 1 aromatic rings. The number of aromatic nitrogens is 2. The number of piperidine rings is 2. The van der Waals surface area contributed by atoms with Gasteiger partial charge in [0, 0.05) is 75.5 Å². The van der Waals surface area contributed by atoms with Crippen molar-refractivity contribution in [2.24, 2.45) is 10.4 Å². The predicted octanol–water partition coefficient (Wildman–Crippen LogP) is 3.45. The van der Waals surface area contributed by atoms with Gasteiger partial charge in [-0.1, -0.05) is 19.9 Å². The SMILES string of the molecule is CCC(CC)N1CCC2(CCN(C(=O)CC(=O)N3CCC(N(CC4=NC=CC4)Cc4ncc[nH]4)CC3)C2)CC1. The second-order valence-corrected chi connectivity index (χ2v) is 12.1. The first kappa shape index (κ1) is 28.0. The number of rotatable bonds is 10. The molecular weight excluding hydrogens is 490 g/mol. The molecule has 214 valence electrons. The van der Waals surface area contributed by atoms with Gasteiger partial charge in [-0.15, -0.1) is 0 Å². The van der Waals surface area contributed by atoms with E-state index in [1.807, 2.05) is 22.2 Å². The van der Waals surface area contributed by atoms with Gasteiger partial charge in [-0.05, 0) is 63.5 Å². The van der Waals surface area contributed by atoms with Crippen molar-refractivity contribution in [3.8, 4) is 0 Å². The quantitative estimate of drug-likeness (QED) is 0.462. The summed E-state index contributed by atoms with van der Waals surface area (Å²) in [4.78, 5) is 47.5. The van der Waals surface area contributed by atoms with Crippen molar-refractivity contribution < 1.29 is 9.59 Å². The number of allylic oxidation sites excluding steroid dienone is 1.